The zero-order valence-corrected chi connectivity index (χ0v) is 82.9. The first kappa shape index (κ1) is 91.7. The molecule has 0 bridgehead atoms. The van der Waals surface area contributed by atoms with E-state index in [1.54, 1.807) is 0 Å². The van der Waals surface area contributed by atoms with Crippen molar-refractivity contribution in [2.24, 2.45) is 0 Å². The van der Waals surface area contributed by atoms with Gasteiger partial charge in [0, 0.05) is 0 Å². The molecule has 0 saturated heterocycles. The van der Waals surface area contributed by atoms with Gasteiger partial charge in [0.2, 0.25) is 0 Å². The predicted octanol–water partition coefficient (Wildman–Crippen LogP) is 41.7. The highest BCUT2D eigenvalue weighted by Gasteiger charge is 2.35. The Morgan fingerprint density at radius 2 is 0.107 bits per heavy atom. The molecule has 0 unspecified atom stereocenters. The highest BCUT2D eigenvalue weighted by molar-refractivity contribution is 6.20. The third-order valence-electron chi connectivity index (χ3n) is 29.5. The lowest BCUT2D eigenvalue weighted by atomic mass is 9.74. The maximum Gasteiger partial charge on any atom is -0.00139 e. The number of benzene rings is 25. The zero-order valence-electron chi connectivity index (χ0n) is 82.9. The van der Waals surface area contributed by atoms with Crippen LogP contribution in [-0.4, -0.2) is 0 Å². The fourth-order valence-electron chi connectivity index (χ4n) is 22.7. The summed E-state index contributed by atoms with van der Waals surface area (Å²) in [7, 11) is 0. The van der Waals surface area contributed by atoms with Crippen LogP contribution in [0.2, 0.25) is 0 Å². The van der Waals surface area contributed by atoms with Gasteiger partial charge < -0.3 is 0 Å². The number of hydrogen-bond donors (Lipinski definition) is 0. The summed E-state index contributed by atoms with van der Waals surface area (Å²) in [5.74, 6) is 0. The van der Waals surface area contributed by atoms with Gasteiger partial charge in [0.05, 0.1) is 0 Å². The second-order valence-corrected chi connectivity index (χ2v) is 38.5. The van der Waals surface area contributed by atoms with Crippen molar-refractivity contribution in [3.8, 4) is 267 Å². The summed E-state index contributed by atoms with van der Waals surface area (Å²) in [4.78, 5) is 0. The van der Waals surface area contributed by atoms with Gasteiger partial charge in [-0.3, -0.25) is 0 Å². The summed E-state index contributed by atoms with van der Waals surface area (Å²) in [6.45, 7) is 0. The molecule has 25 aromatic rings. The van der Waals surface area contributed by atoms with E-state index in [0.29, 0.717) is 0 Å². The van der Waals surface area contributed by atoms with Gasteiger partial charge in [-0.2, -0.15) is 0 Å². The second kappa shape index (κ2) is 41.7. The normalized spacial score (nSPS) is 11.2. The van der Waals surface area contributed by atoms with Crippen molar-refractivity contribution >= 4 is 0 Å². The van der Waals surface area contributed by atoms with Crippen LogP contribution in [0.25, 0.3) is 267 Å². The Bertz CT molecular complexity index is 8180. The molecule has 0 aliphatic heterocycles. The molecular weight excluding hydrogens is 1800 g/mol. The molecule has 0 amide bonds. The van der Waals surface area contributed by atoms with Crippen LogP contribution in [0.5, 0.6) is 0 Å². The lowest BCUT2D eigenvalue weighted by Crippen LogP contribution is -2.02. The fourth-order valence-corrected chi connectivity index (χ4v) is 22.7. The first-order chi connectivity index (χ1) is 74.5. The van der Waals surface area contributed by atoms with Crippen molar-refractivity contribution in [2.45, 2.75) is 0 Å². The van der Waals surface area contributed by atoms with Gasteiger partial charge in [-0.25, -0.2) is 0 Å². The quantitative estimate of drug-likeness (QED) is 0.0566. The molecule has 0 fully saturated rings. The van der Waals surface area contributed by atoms with Crippen LogP contribution < -0.4 is 0 Å². The van der Waals surface area contributed by atoms with Crippen molar-refractivity contribution in [2.75, 3.05) is 0 Å². The van der Waals surface area contributed by atoms with Crippen LogP contribution in [0.15, 0.2) is 619 Å². The van der Waals surface area contributed by atoms with Gasteiger partial charge in [0.15, 0.2) is 0 Å². The van der Waals surface area contributed by atoms with Crippen LogP contribution in [0.1, 0.15) is 0 Å². The molecule has 0 aromatic heterocycles. The Labute approximate surface area is 879 Å². The van der Waals surface area contributed by atoms with E-state index in [-0.39, 0.29) is 0 Å². The van der Waals surface area contributed by atoms with E-state index in [1.165, 1.54) is 33.4 Å². The summed E-state index contributed by atoms with van der Waals surface area (Å²) in [5.41, 5.74) is 54.3. The third kappa shape index (κ3) is 18.0. The van der Waals surface area contributed by atoms with Crippen LogP contribution in [0.4, 0.5) is 0 Å². The highest BCUT2D eigenvalue weighted by Crippen LogP contribution is 2.62. The Kier molecular flexibility index (Phi) is 25.5. The van der Waals surface area contributed by atoms with Gasteiger partial charge in [-0.15, -0.1) is 0 Å². The van der Waals surface area contributed by atoms with Crippen LogP contribution in [0, 0.1) is 0 Å². The first-order valence-corrected chi connectivity index (χ1v) is 51.8. The Hall–Kier alpha value is -19.5. The van der Waals surface area contributed by atoms with Gasteiger partial charge in [0.25, 0.3) is 0 Å². The average Bonchev–Trinajstić information content (AvgIpc) is 0.720. The monoisotopic (exact) mass is 1900 g/mol. The maximum absolute atomic E-state index is 2.43. The van der Waals surface area contributed by atoms with Crippen molar-refractivity contribution in [1.82, 2.24) is 0 Å². The molecule has 0 saturated carbocycles. The Morgan fingerprint density at radius 1 is 0.0467 bits per heavy atom. The molecule has 0 atom stereocenters. The molecule has 702 valence electrons. The van der Waals surface area contributed by atoms with Crippen molar-refractivity contribution in [3.05, 3.63) is 619 Å². The lowest BCUT2D eigenvalue weighted by molar-refractivity contribution is 1.50. The first-order valence-electron chi connectivity index (χ1n) is 51.8. The average molecular weight is 1900 g/mol. The highest BCUT2D eigenvalue weighted by atomic mass is 14.4. The maximum atomic E-state index is 2.43. The van der Waals surface area contributed by atoms with Crippen molar-refractivity contribution < 1.29 is 0 Å². The second-order valence-electron chi connectivity index (χ2n) is 38.5. The van der Waals surface area contributed by atoms with Crippen LogP contribution >= 0.6 is 0 Å². The summed E-state index contributed by atoms with van der Waals surface area (Å²) in [5, 5.41) is 0. The van der Waals surface area contributed by atoms with Crippen molar-refractivity contribution in [3.63, 3.8) is 0 Å². The topological polar surface area (TPSA) is 0 Å². The van der Waals surface area contributed by atoms with Crippen LogP contribution in [0.3, 0.4) is 0 Å². The van der Waals surface area contributed by atoms with Gasteiger partial charge >= 0.3 is 0 Å². The molecule has 0 heterocycles. The molecular formula is C150H102. The summed E-state index contributed by atoms with van der Waals surface area (Å²) < 4.78 is 0. The molecule has 0 nitrogen and oxygen atoms in total. The minimum absolute atomic E-state index is 1.07. The number of rotatable bonds is 24. The van der Waals surface area contributed by atoms with E-state index in [1.807, 2.05) is 0 Å². The Morgan fingerprint density at radius 3 is 0.200 bits per heavy atom. The number of hydrogen-bond acceptors (Lipinski definition) is 0. The lowest BCUT2D eigenvalue weighted by Gasteiger charge is -2.29. The summed E-state index contributed by atoms with van der Waals surface area (Å²) >= 11 is 0. The van der Waals surface area contributed by atoms with Crippen molar-refractivity contribution in [1.29, 1.82) is 0 Å². The third-order valence-corrected chi connectivity index (χ3v) is 29.5. The van der Waals surface area contributed by atoms with Crippen LogP contribution in [-0.2, 0) is 0 Å². The molecule has 0 aliphatic carbocycles. The van der Waals surface area contributed by atoms with E-state index in [9.17, 15) is 0 Å². The molecule has 0 N–H and O–H groups in total. The minimum atomic E-state index is 1.07. The minimum Gasteiger partial charge on any atom is -0.0622 e. The largest absolute Gasteiger partial charge is 0.0622 e. The summed E-state index contributed by atoms with van der Waals surface area (Å²) in [6.07, 6.45) is 0. The molecule has 0 spiro atoms. The molecule has 150 heavy (non-hydrogen) atoms. The molecule has 0 radical (unpaired) electrons. The van der Waals surface area contributed by atoms with Gasteiger partial charge in [-0.05, 0) is 285 Å². The predicted molar refractivity (Wildman–Crippen MR) is 637 cm³/mol. The van der Waals surface area contributed by atoms with E-state index in [4.69, 9.17) is 0 Å². The molecule has 0 aliphatic rings. The molecule has 0 heteroatoms. The molecule has 25 rings (SSSR count). The molecule has 25 aromatic carbocycles. The Balaban J connectivity index is 0.742. The van der Waals surface area contributed by atoms with E-state index in [0.717, 1.165) is 234 Å². The standard InChI is InChI=1S/C150H102/c1-16-46-103(47-17-1)106-76-88-124(89-77-106)145-139(118-64-34-10-35-65-118)133(112-52-22-4-23-53-112)136(115-58-28-7-29-59-115)142(121-70-40-13-41-71-121)148(145)127-94-82-109(83-95-127)130-100-131(110-84-96-128(97-85-110)149-143(122-72-42-14-43-73-122)137(116-60-30-8-31-61-116)134(113-54-24-5-25-55-113)140(119-66-36-11-37-67-119)146(149)125-90-78-107(79-91-125)104-48-18-2-19-49-104)102-132(101-130)111-86-98-129(99-87-111)150-144(123-74-44-15-45-75-123)138(117-62-32-9-33-63-117)135(114-56-26-6-27-57-114)141(120-68-38-12-39-69-120)147(150)126-92-80-108(81-93-126)105-50-20-3-21-51-105/h1-102H. The van der Waals surface area contributed by atoms with Gasteiger partial charge in [0.1, 0.15) is 0 Å². The zero-order chi connectivity index (χ0) is 99.8. The fraction of sp³-hybridized carbons (Fsp3) is 0. The summed E-state index contributed by atoms with van der Waals surface area (Å²) in [6, 6.07) is 230. The van der Waals surface area contributed by atoms with E-state index < -0.39 is 0 Å². The van der Waals surface area contributed by atoms with Gasteiger partial charge in [-0.1, -0.05) is 601 Å². The van der Waals surface area contributed by atoms with E-state index >= 15 is 0 Å². The SMILES string of the molecule is c1ccc(-c2ccc(-c3c(-c4ccccc4)c(-c4ccccc4)c(-c4ccccc4)c(-c4ccccc4)c3-c3ccc(-c4cc(-c5ccc(-c6c(-c7ccccc7)c(-c7ccccc7)c(-c7ccccc7)c(-c7ccccc7)c6-c6ccc(-c7ccccc7)cc6)cc5)cc(-c5ccc(-c6c(-c7ccccc7)c(-c7ccccc7)c(-c7ccccc7)c(-c7ccccc7)c6-c6ccc(-c7ccccc7)cc6)cc5)c4)cc3)cc2)cc1. The van der Waals surface area contributed by atoms with E-state index in [2.05, 4.69) is 619 Å². The smallest absolute Gasteiger partial charge is 0.00139 e.